The van der Waals surface area contributed by atoms with Crippen molar-refractivity contribution in [2.75, 3.05) is 7.11 Å². The molecule has 3 rings (SSSR count). The summed E-state index contributed by atoms with van der Waals surface area (Å²) in [5.74, 6) is 0.655. The fourth-order valence-electron chi connectivity index (χ4n) is 2.07. The number of hydrogen-bond donors (Lipinski definition) is 1. The molecular weight excluding hydrogens is 320 g/mol. The SMILES string of the molecule is COc1ccc(CNC(=O)c2ccc3sc(Cl)nc3c2)cc1. The van der Waals surface area contributed by atoms with Crippen molar-refractivity contribution in [2.24, 2.45) is 0 Å². The molecule has 0 aliphatic heterocycles. The second-order valence-electron chi connectivity index (χ2n) is 4.68. The molecule has 2 aromatic carbocycles. The standard InChI is InChI=1S/C16H13ClN2O2S/c1-21-12-5-2-10(3-6-12)9-18-15(20)11-4-7-14-13(8-11)19-16(17)22-14/h2-8H,9H2,1H3,(H,18,20). The van der Waals surface area contributed by atoms with Gasteiger partial charge in [0.05, 0.1) is 17.3 Å². The van der Waals surface area contributed by atoms with E-state index in [1.54, 1.807) is 19.2 Å². The molecule has 0 saturated carbocycles. The monoisotopic (exact) mass is 332 g/mol. The molecule has 0 fully saturated rings. The fraction of sp³-hybridized carbons (Fsp3) is 0.125. The number of thiazole rings is 1. The third kappa shape index (κ3) is 3.21. The Kier molecular flexibility index (Phi) is 4.27. The number of fused-ring (bicyclic) bond motifs is 1. The van der Waals surface area contributed by atoms with Crippen LogP contribution in [0.3, 0.4) is 0 Å². The molecule has 22 heavy (non-hydrogen) atoms. The molecule has 6 heteroatoms. The lowest BCUT2D eigenvalue weighted by Crippen LogP contribution is -2.22. The molecule has 4 nitrogen and oxygen atoms in total. The van der Waals surface area contributed by atoms with Gasteiger partial charge in [-0.1, -0.05) is 23.7 Å². The van der Waals surface area contributed by atoms with Crippen molar-refractivity contribution in [3.8, 4) is 5.75 Å². The number of methoxy groups -OCH3 is 1. The highest BCUT2D eigenvalue weighted by atomic mass is 35.5. The Hall–Kier alpha value is -2.11. The van der Waals surface area contributed by atoms with E-state index in [2.05, 4.69) is 10.3 Å². The highest BCUT2D eigenvalue weighted by Gasteiger charge is 2.09. The van der Waals surface area contributed by atoms with Gasteiger partial charge >= 0.3 is 0 Å². The third-order valence-electron chi connectivity index (χ3n) is 3.24. The summed E-state index contributed by atoms with van der Waals surface area (Å²) in [6.45, 7) is 0.457. The molecule has 3 aromatic rings. The number of nitrogens with zero attached hydrogens (tertiary/aromatic N) is 1. The van der Waals surface area contributed by atoms with Gasteiger partial charge in [0, 0.05) is 12.1 Å². The Labute approximate surface area is 136 Å². The number of carbonyl (C=O) groups is 1. The minimum Gasteiger partial charge on any atom is -0.497 e. The van der Waals surface area contributed by atoms with E-state index in [4.69, 9.17) is 16.3 Å². The lowest BCUT2D eigenvalue weighted by Gasteiger charge is -2.06. The Balaban J connectivity index is 1.69. The van der Waals surface area contributed by atoms with Crippen LogP contribution in [0, 0.1) is 0 Å². The zero-order valence-electron chi connectivity index (χ0n) is 11.8. The van der Waals surface area contributed by atoms with Crippen molar-refractivity contribution in [3.63, 3.8) is 0 Å². The van der Waals surface area contributed by atoms with Gasteiger partial charge < -0.3 is 10.1 Å². The molecule has 1 amide bonds. The number of halogens is 1. The minimum absolute atomic E-state index is 0.137. The second kappa shape index (κ2) is 6.34. The first-order chi connectivity index (χ1) is 10.7. The topological polar surface area (TPSA) is 51.2 Å². The molecule has 0 atom stereocenters. The molecule has 0 spiro atoms. The molecule has 0 saturated heterocycles. The number of aromatic nitrogens is 1. The van der Waals surface area contributed by atoms with Gasteiger partial charge in [-0.15, -0.1) is 11.3 Å². The number of carbonyl (C=O) groups excluding carboxylic acids is 1. The van der Waals surface area contributed by atoms with Crippen molar-refractivity contribution < 1.29 is 9.53 Å². The van der Waals surface area contributed by atoms with Crippen molar-refractivity contribution in [1.29, 1.82) is 0 Å². The van der Waals surface area contributed by atoms with Crippen LogP contribution in [0.1, 0.15) is 15.9 Å². The van der Waals surface area contributed by atoms with E-state index in [1.807, 2.05) is 30.3 Å². The number of ether oxygens (including phenoxy) is 1. The number of benzene rings is 2. The third-order valence-corrected chi connectivity index (χ3v) is 4.38. The number of hydrogen-bond acceptors (Lipinski definition) is 4. The van der Waals surface area contributed by atoms with Crippen LogP contribution in [0.4, 0.5) is 0 Å². The van der Waals surface area contributed by atoms with Crippen LogP contribution in [0.15, 0.2) is 42.5 Å². The van der Waals surface area contributed by atoms with Crippen LogP contribution in [0.25, 0.3) is 10.2 Å². The van der Waals surface area contributed by atoms with Crippen LogP contribution >= 0.6 is 22.9 Å². The van der Waals surface area contributed by atoms with Gasteiger partial charge in [-0.2, -0.15) is 0 Å². The average molecular weight is 333 g/mol. The molecule has 0 unspecified atom stereocenters. The summed E-state index contributed by atoms with van der Waals surface area (Å²) < 4.78 is 6.55. The zero-order chi connectivity index (χ0) is 15.5. The van der Waals surface area contributed by atoms with Gasteiger partial charge in [0.25, 0.3) is 5.91 Å². The summed E-state index contributed by atoms with van der Waals surface area (Å²) in [5, 5.41) is 2.89. The highest BCUT2D eigenvalue weighted by Crippen LogP contribution is 2.26. The lowest BCUT2D eigenvalue weighted by molar-refractivity contribution is 0.0951. The van der Waals surface area contributed by atoms with Crippen molar-refractivity contribution in [2.45, 2.75) is 6.54 Å². The van der Waals surface area contributed by atoms with Gasteiger partial charge in [-0.05, 0) is 35.9 Å². The first-order valence-electron chi connectivity index (χ1n) is 6.63. The van der Waals surface area contributed by atoms with Crippen LogP contribution in [-0.4, -0.2) is 18.0 Å². The van der Waals surface area contributed by atoms with E-state index in [-0.39, 0.29) is 5.91 Å². The van der Waals surface area contributed by atoms with E-state index < -0.39 is 0 Å². The molecular formula is C16H13ClN2O2S. The van der Waals surface area contributed by atoms with E-state index in [0.29, 0.717) is 16.6 Å². The van der Waals surface area contributed by atoms with E-state index in [9.17, 15) is 4.79 Å². The Morgan fingerprint density at radius 1 is 1.27 bits per heavy atom. The summed E-state index contributed by atoms with van der Waals surface area (Å²) in [6.07, 6.45) is 0. The molecule has 1 aromatic heterocycles. The van der Waals surface area contributed by atoms with E-state index in [1.165, 1.54) is 11.3 Å². The first-order valence-corrected chi connectivity index (χ1v) is 7.82. The van der Waals surface area contributed by atoms with Crippen LogP contribution in [0.2, 0.25) is 4.47 Å². The quantitative estimate of drug-likeness (QED) is 0.788. The van der Waals surface area contributed by atoms with Gasteiger partial charge in [0.2, 0.25) is 0 Å². The molecule has 112 valence electrons. The number of nitrogens with one attached hydrogen (secondary N) is 1. The van der Waals surface area contributed by atoms with E-state index >= 15 is 0 Å². The van der Waals surface area contributed by atoms with Crippen LogP contribution < -0.4 is 10.1 Å². The largest absolute Gasteiger partial charge is 0.497 e. The van der Waals surface area contributed by atoms with Crippen molar-refractivity contribution >= 4 is 39.1 Å². The Bertz CT molecular complexity index is 815. The fourth-order valence-corrected chi connectivity index (χ4v) is 3.08. The maximum Gasteiger partial charge on any atom is 0.251 e. The van der Waals surface area contributed by atoms with Gasteiger partial charge in [-0.3, -0.25) is 4.79 Å². The molecule has 0 aliphatic carbocycles. The van der Waals surface area contributed by atoms with Crippen molar-refractivity contribution in [3.05, 3.63) is 58.1 Å². The minimum atomic E-state index is -0.137. The number of amides is 1. The van der Waals surface area contributed by atoms with E-state index in [0.717, 1.165) is 21.5 Å². The molecule has 1 N–H and O–H groups in total. The average Bonchev–Trinajstić information content (AvgIpc) is 2.92. The maximum absolute atomic E-state index is 12.2. The summed E-state index contributed by atoms with van der Waals surface area (Å²) in [6, 6.07) is 13.0. The maximum atomic E-state index is 12.2. The Morgan fingerprint density at radius 2 is 2.05 bits per heavy atom. The molecule has 1 heterocycles. The summed E-state index contributed by atoms with van der Waals surface area (Å²) in [4.78, 5) is 16.4. The normalized spacial score (nSPS) is 10.6. The summed E-state index contributed by atoms with van der Waals surface area (Å²) in [7, 11) is 1.62. The van der Waals surface area contributed by atoms with Gasteiger partial charge in [0.15, 0.2) is 4.47 Å². The van der Waals surface area contributed by atoms with Gasteiger partial charge in [-0.25, -0.2) is 4.98 Å². The second-order valence-corrected chi connectivity index (χ2v) is 6.29. The highest BCUT2D eigenvalue weighted by molar-refractivity contribution is 7.22. The van der Waals surface area contributed by atoms with Crippen LogP contribution in [-0.2, 0) is 6.54 Å². The molecule has 0 radical (unpaired) electrons. The van der Waals surface area contributed by atoms with Gasteiger partial charge in [0.1, 0.15) is 5.75 Å². The predicted octanol–water partition coefficient (Wildman–Crippen LogP) is 3.89. The lowest BCUT2D eigenvalue weighted by atomic mass is 10.2. The molecule has 0 aliphatic rings. The molecule has 0 bridgehead atoms. The first kappa shape index (κ1) is 14.8. The number of rotatable bonds is 4. The summed E-state index contributed by atoms with van der Waals surface area (Å²) >= 11 is 7.27. The van der Waals surface area contributed by atoms with Crippen molar-refractivity contribution in [1.82, 2.24) is 10.3 Å². The smallest absolute Gasteiger partial charge is 0.251 e. The zero-order valence-corrected chi connectivity index (χ0v) is 13.4. The predicted molar refractivity (Wildman–Crippen MR) is 88.8 cm³/mol. The Morgan fingerprint density at radius 3 is 2.77 bits per heavy atom. The summed E-state index contributed by atoms with van der Waals surface area (Å²) in [5.41, 5.74) is 2.32. The van der Waals surface area contributed by atoms with Crippen LogP contribution in [0.5, 0.6) is 5.75 Å².